The van der Waals surface area contributed by atoms with Gasteiger partial charge in [0, 0.05) is 6.04 Å². The van der Waals surface area contributed by atoms with Crippen molar-refractivity contribution >= 4 is 28.6 Å². The number of carbonyl (C=O) groups excluding carboxylic acids is 1. The number of carbonyl (C=O) groups is 1. The van der Waals surface area contributed by atoms with Gasteiger partial charge in [-0.1, -0.05) is 0 Å². The summed E-state index contributed by atoms with van der Waals surface area (Å²) < 4.78 is 19.8. The Hall–Kier alpha value is -0.130. The summed E-state index contributed by atoms with van der Waals surface area (Å²) in [4.78, 5) is 11.7. The Labute approximate surface area is 123 Å². The largest absolute Gasteiger partial charge is 0.466 e. The second kappa shape index (κ2) is 7.04. The molecular formula is C13H24ClNO3S. The van der Waals surface area contributed by atoms with Gasteiger partial charge in [0.15, 0.2) is 0 Å². The van der Waals surface area contributed by atoms with E-state index in [1.54, 1.807) is 6.92 Å². The highest BCUT2D eigenvalue weighted by Crippen LogP contribution is 2.30. The molecule has 4 nitrogen and oxygen atoms in total. The first-order chi connectivity index (χ1) is 8.75. The van der Waals surface area contributed by atoms with Gasteiger partial charge in [-0.2, -0.15) is 0 Å². The Kier molecular flexibility index (Phi) is 6.27. The minimum atomic E-state index is -1.13. The van der Waals surface area contributed by atoms with Crippen LogP contribution in [0.5, 0.6) is 0 Å². The summed E-state index contributed by atoms with van der Waals surface area (Å²) in [6.45, 7) is 7.96. The lowest BCUT2D eigenvalue weighted by molar-refractivity contribution is -0.149. The van der Waals surface area contributed by atoms with Crippen LogP contribution in [0.4, 0.5) is 0 Å². The van der Waals surface area contributed by atoms with Crippen LogP contribution in [0.25, 0.3) is 0 Å². The molecule has 19 heavy (non-hydrogen) atoms. The quantitative estimate of drug-likeness (QED) is 0.641. The zero-order valence-corrected chi connectivity index (χ0v) is 13.6. The van der Waals surface area contributed by atoms with Crippen molar-refractivity contribution in [2.75, 3.05) is 6.61 Å². The molecule has 1 aliphatic rings. The standard InChI is InChI=1S/C13H24ClNO3S/c1-5-18-12(16)9-6-7-11(10(14)8-9)15-19(17)13(2,3)4/h9-11,15H,5-8H2,1-4H3/t9-,10-,11-,19-/m0/s1. The van der Waals surface area contributed by atoms with E-state index < -0.39 is 11.0 Å². The van der Waals surface area contributed by atoms with Gasteiger partial charge in [-0.15, -0.1) is 11.6 Å². The van der Waals surface area contributed by atoms with Crippen LogP contribution >= 0.6 is 11.6 Å². The molecule has 0 aromatic heterocycles. The third kappa shape index (κ3) is 5.04. The second-order valence-electron chi connectivity index (χ2n) is 5.88. The van der Waals surface area contributed by atoms with Crippen molar-refractivity contribution < 1.29 is 13.7 Å². The van der Waals surface area contributed by atoms with E-state index in [1.165, 1.54) is 0 Å². The van der Waals surface area contributed by atoms with Crippen LogP contribution in [0.15, 0.2) is 0 Å². The van der Waals surface area contributed by atoms with Gasteiger partial charge in [-0.25, -0.2) is 8.93 Å². The number of hydrogen-bond acceptors (Lipinski definition) is 3. The zero-order valence-electron chi connectivity index (χ0n) is 12.1. The topological polar surface area (TPSA) is 55.4 Å². The molecule has 112 valence electrons. The number of halogens is 1. The van der Waals surface area contributed by atoms with Crippen molar-refractivity contribution in [1.82, 2.24) is 4.72 Å². The van der Waals surface area contributed by atoms with Gasteiger partial charge in [0.05, 0.1) is 33.6 Å². The predicted octanol–water partition coefficient (Wildman–Crippen LogP) is 2.38. The fraction of sp³-hybridized carbons (Fsp3) is 0.923. The van der Waals surface area contributed by atoms with Crippen LogP contribution in [-0.2, 0) is 20.5 Å². The summed E-state index contributed by atoms with van der Waals surface area (Å²) in [7, 11) is -1.13. The molecule has 1 aliphatic carbocycles. The number of nitrogens with one attached hydrogen (secondary N) is 1. The molecule has 0 radical (unpaired) electrons. The molecule has 1 fully saturated rings. The van der Waals surface area contributed by atoms with Gasteiger partial charge in [0.25, 0.3) is 0 Å². The molecule has 0 heterocycles. The minimum absolute atomic E-state index is 0.00704. The smallest absolute Gasteiger partial charge is 0.308 e. The highest BCUT2D eigenvalue weighted by Gasteiger charge is 2.35. The molecule has 0 amide bonds. The molecule has 0 saturated heterocycles. The van der Waals surface area contributed by atoms with E-state index >= 15 is 0 Å². The average Bonchev–Trinajstić information content (AvgIpc) is 2.30. The van der Waals surface area contributed by atoms with Gasteiger partial charge in [0.1, 0.15) is 0 Å². The molecule has 1 saturated carbocycles. The highest BCUT2D eigenvalue weighted by molar-refractivity contribution is 7.84. The Morgan fingerprint density at radius 2 is 2.05 bits per heavy atom. The molecule has 0 aromatic rings. The van der Waals surface area contributed by atoms with Gasteiger partial charge in [0.2, 0.25) is 0 Å². The monoisotopic (exact) mass is 309 g/mol. The van der Waals surface area contributed by atoms with Crippen molar-refractivity contribution in [2.24, 2.45) is 5.92 Å². The average molecular weight is 310 g/mol. The Morgan fingerprint density at radius 3 is 2.53 bits per heavy atom. The molecular weight excluding hydrogens is 286 g/mol. The number of ether oxygens (including phenoxy) is 1. The van der Waals surface area contributed by atoms with Gasteiger partial charge >= 0.3 is 5.97 Å². The van der Waals surface area contributed by atoms with Crippen molar-refractivity contribution in [3.05, 3.63) is 0 Å². The van der Waals surface area contributed by atoms with Crippen LogP contribution in [0.2, 0.25) is 0 Å². The van der Waals surface area contributed by atoms with Crippen molar-refractivity contribution in [2.45, 2.75) is 63.1 Å². The van der Waals surface area contributed by atoms with Crippen molar-refractivity contribution in [3.8, 4) is 0 Å². The van der Waals surface area contributed by atoms with Gasteiger partial charge in [-0.3, -0.25) is 4.79 Å². The third-order valence-corrected chi connectivity index (χ3v) is 5.32. The fourth-order valence-corrected chi connectivity index (χ4v) is 3.43. The lowest BCUT2D eigenvalue weighted by Gasteiger charge is -2.33. The molecule has 0 unspecified atom stereocenters. The summed E-state index contributed by atoms with van der Waals surface area (Å²) >= 11 is 6.31. The molecule has 0 bridgehead atoms. The third-order valence-electron chi connectivity index (χ3n) is 3.21. The van der Waals surface area contributed by atoms with Gasteiger partial charge < -0.3 is 4.74 Å². The second-order valence-corrected chi connectivity index (χ2v) is 8.44. The first-order valence-corrected chi connectivity index (χ1v) is 8.33. The van der Waals surface area contributed by atoms with E-state index in [1.807, 2.05) is 20.8 Å². The van der Waals surface area contributed by atoms with Crippen molar-refractivity contribution in [1.29, 1.82) is 0 Å². The highest BCUT2D eigenvalue weighted by atomic mass is 35.5. The lowest BCUT2D eigenvalue weighted by Crippen LogP contribution is -2.47. The molecule has 0 aromatic carbocycles. The Bertz CT molecular complexity index is 343. The summed E-state index contributed by atoms with van der Waals surface area (Å²) in [6, 6.07) is -0.00704. The fourth-order valence-electron chi connectivity index (χ4n) is 2.04. The minimum Gasteiger partial charge on any atom is -0.466 e. The van der Waals surface area contributed by atoms with Crippen LogP contribution in [0, 0.1) is 5.92 Å². The van der Waals surface area contributed by atoms with E-state index in [-0.39, 0.29) is 28.1 Å². The summed E-state index contributed by atoms with van der Waals surface area (Å²) in [5, 5.41) is -0.186. The normalized spacial score (nSPS) is 29.8. The first kappa shape index (κ1) is 16.9. The lowest BCUT2D eigenvalue weighted by atomic mass is 9.86. The molecule has 6 heteroatoms. The number of esters is 1. The molecule has 1 rings (SSSR count). The van der Waals surface area contributed by atoms with Crippen LogP contribution in [0.1, 0.15) is 47.0 Å². The van der Waals surface area contributed by atoms with E-state index in [9.17, 15) is 9.00 Å². The molecule has 0 spiro atoms. The zero-order chi connectivity index (χ0) is 14.6. The van der Waals surface area contributed by atoms with E-state index in [0.717, 1.165) is 12.8 Å². The van der Waals surface area contributed by atoms with E-state index in [4.69, 9.17) is 16.3 Å². The summed E-state index contributed by atoms with van der Waals surface area (Å²) in [5.74, 6) is -0.285. The number of hydrogen-bond donors (Lipinski definition) is 1. The molecule has 4 atom stereocenters. The van der Waals surface area contributed by atoms with E-state index in [2.05, 4.69) is 4.72 Å². The summed E-state index contributed by atoms with van der Waals surface area (Å²) in [6.07, 6.45) is 2.07. The van der Waals surface area contributed by atoms with E-state index in [0.29, 0.717) is 13.0 Å². The Morgan fingerprint density at radius 1 is 1.42 bits per heavy atom. The maximum absolute atomic E-state index is 12.0. The van der Waals surface area contributed by atoms with Crippen LogP contribution in [0.3, 0.4) is 0 Å². The number of rotatable bonds is 4. The van der Waals surface area contributed by atoms with Crippen LogP contribution < -0.4 is 4.72 Å². The maximum Gasteiger partial charge on any atom is 0.308 e. The summed E-state index contributed by atoms with van der Waals surface area (Å²) in [5.41, 5.74) is 0. The molecule has 1 N–H and O–H groups in total. The van der Waals surface area contributed by atoms with Crippen LogP contribution in [-0.4, -0.2) is 33.0 Å². The maximum atomic E-state index is 12.0. The Balaban J connectivity index is 2.51. The predicted molar refractivity (Wildman–Crippen MR) is 78.4 cm³/mol. The van der Waals surface area contributed by atoms with Crippen molar-refractivity contribution in [3.63, 3.8) is 0 Å². The number of alkyl halides is 1. The van der Waals surface area contributed by atoms with Gasteiger partial charge in [-0.05, 0) is 47.0 Å². The SMILES string of the molecule is CCOC(=O)[C@H]1CC[C@H](N[S@@](=O)C(C)(C)C)[C@@H](Cl)C1. The molecule has 0 aliphatic heterocycles. The first-order valence-electron chi connectivity index (χ1n) is 6.74.